The third kappa shape index (κ3) is 6.94. The number of hydrogen-bond donors (Lipinski definition) is 0. The van der Waals surface area contributed by atoms with Crippen molar-refractivity contribution in [1.29, 1.82) is 0 Å². The molecule has 51 valence electrons. The summed E-state index contributed by atoms with van der Waals surface area (Å²) in [6, 6.07) is 0. The molecule has 0 rings (SSSR count). The van der Waals surface area contributed by atoms with Gasteiger partial charge in [-0.05, 0) is 0 Å². The van der Waals surface area contributed by atoms with Crippen LogP contribution in [-0.2, 0) is 14.3 Å². The number of nitrogens with one attached hydrogen (secondary N) is 1. The molecule has 0 saturated carbocycles. The van der Waals surface area contributed by atoms with Crippen molar-refractivity contribution in [2.24, 2.45) is 0 Å². The van der Waals surface area contributed by atoms with Crippen LogP contribution < -0.4 is 5.73 Å². The molecule has 0 heterocycles. The van der Waals surface area contributed by atoms with Crippen molar-refractivity contribution in [3.63, 3.8) is 0 Å². The van der Waals surface area contributed by atoms with Crippen LogP contribution >= 0.6 is 0 Å². The second-order valence-electron chi connectivity index (χ2n) is 1.51. The molecule has 0 saturated heterocycles. The number of esters is 1. The standard InChI is InChI=1S/C5H8NO3/c1-4(7)9-3-2-5(6)8/h6H,2-3H2,1H3. The molecular formula is C5H8NO3. The van der Waals surface area contributed by atoms with Gasteiger partial charge < -0.3 is 4.74 Å². The minimum atomic E-state index is -0.712. The summed E-state index contributed by atoms with van der Waals surface area (Å²) in [4.78, 5) is 19.9. The summed E-state index contributed by atoms with van der Waals surface area (Å²) in [6.45, 7) is 1.28. The molecule has 0 spiro atoms. The lowest BCUT2D eigenvalue weighted by atomic mass is 10.4. The minimum Gasteiger partial charge on any atom is -0.465 e. The molecule has 0 bridgehead atoms. The summed E-state index contributed by atoms with van der Waals surface area (Å²) in [6.07, 6.45) is -0.0143. The van der Waals surface area contributed by atoms with Crippen molar-refractivity contribution in [1.82, 2.24) is 5.73 Å². The van der Waals surface area contributed by atoms with Gasteiger partial charge in [-0.3, -0.25) is 15.3 Å². The number of ether oxygens (including phenoxy) is 1. The third-order valence-electron chi connectivity index (χ3n) is 0.634. The lowest BCUT2D eigenvalue weighted by Crippen LogP contribution is -2.06. The van der Waals surface area contributed by atoms with E-state index in [9.17, 15) is 9.59 Å². The Balaban J connectivity index is 3.10. The van der Waals surface area contributed by atoms with Crippen molar-refractivity contribution >= 4 is 11.9 Å². The predicted molar refractivity (Wildman–Crippen MR) is 29.4 cm³/mol. The van der Waals surface area contributed by atoms with Gasteiger partial charge in [-0.25, -0.2) is 0 Å². The van der Waals surface area contributed by atoms with Gasteiger partial charge in [0.25, 0.3) is 0 Å². The van der Waals surface area contributed by atoms with E-state index in [0.29, 0.717) is 0 Å². The Morgan fingerprint density at radius 2 is 2.11 bits per heavy atom. The van der Waals surface area contributed by atoms with E-state index in [1.54, 1.807) is 0 Å². The van der Waals surface area contributed by atoms with E-state index in [2.05, 4.69) is 4.74 Å². The van der Waals surface area contributed by atoms with Gasteiger partial charge in [0.15, 0.2) is 0 Å². The van der Waals surface area contributed by atoms with Gasteiger partial charge in [0.2, 0.25) is 5.91 Å². The molecule has 0 aliphatic rings. The van der Waals surface area contributed by atoms with Crippen molar-refractivity contribution in [2.45, 2.75) is 13.3 Å². The molecule has 0 aromatic rings. The van der Waals surface area contributed by atoms with Crippen molar-refractivity contribution < 1.29 is 14.3 Å². The van der Waals surface area contributed by atoms with Gasteiger partial charge in [-0.1, -0.05) is 0 Å². The summed E-state index contributed by atoms with van der Waals surface area (Å²) in [5.41, 5.74) is 6.39. The Morgan fingerprint density at radius 3 is 2.44 bits per heavy atom. The molecule has 0 aromatic heterocycles. The van der Waals surface area contributed by atoms with E-state index in [-0.39, 0.29) is 13.0 Å². The minimum absolute atomic E-state index is 0.0143. The number of rotatable bonds is 3. The third-order valence-corrected chi connectivity index (χ3v) is 0.634. The fourth-order valence-corrected chi connectivity index (χ4v) is 0.287. The molecule has 4 heteroatoms. The monoisotopic (exact) mass is 130 g/mol. The van der Waals surface area contributed by atoms with Crippen LogP contribution in [0.1, 0.15) is 13.3 Å². The number of carbonyl (C=O) groups is 2. The van der Waals surface area contributed by atoms with E-state index < -0.39 is 11.9 Å². The number of amides is 1. The van der Waals surface area contributed by atoms with Crippen LogP contribution in [0.5, 0.6) is 0 Å². The van der Waals surface area contributed by atoms with E-state index >= 15 is 0 Å². The van der Waals surface area contributed by atoms with E-state index in [1.165, 1.54) is 6.92 Å². The first kappa shape index (κ1) is 7.94. The second-order valence-corrected chi connectivity index (χ2v) is 1.51. The molecule has 0 unspecified atom stereocenters. The van der Waals surface area contributed by atoms with Gasteiger partial charge >= 0.3 is 5.97 Å². The lowest BCUT2D eigenvalue weighted by molar-refractivity contribution is -0.141. The Kier molecular flexibility index (Phi) is 3.43. The van der Waals surface area contributed by atoms with Gasteiger partial charge in [-0.2, -0.15) is 0 Å². The van der Waals surface area contributed by atoms with Gasteiger partial charge in [-0.15, -0.1) is 0 Å². The van der Waals surface area contributed by atoms with Crippen molar-refractivity contribution in [3.8, 4) is 0 Å². The first-order chi connectivity index (χ1) is 4.13. The fraction of sp³-hybridized carbons (Fsp3) is 0.600. The van der Waals surface area contributed by atoms with Crippen LogP contribution in [0.3, 0.4) is 0 Å². The molecule has 0 aromatic carbocycles. The fourth-order valence-electron chi connectivity index (χ4n) is 0.287. The van der Waals surface area contributed by atoms with Crippen LogP contribution in [0.2, 0.25) is 0 Å². The van der Waals surface area contributed by atoms with Crippen LogP contribution in [0.25, 0.3) is 0 Å². The molecule has 0 aliphatic carbocycles. The van der Waals surface area contributed by atoms with E-state index in [4.69, 9.17) is 5.73 Å². The van der Waals surface area contributed by atoms with Crippen LogP contribution in [0.4, 0.5) is 0 Å². The maximum Gasteiger partial charge on any atom is 0.302 e. The molecule has 1 N–H and O–H groups in total. The van der Waals surface area contributed by atoms with Gasteiger partial charge in [0.1, 0.15) is 6.61 Å². The van der Waals surface area contributed by atoms with Crippen molar-refractivity contribution in [3.05, 3.63) is 0 Å². The van der Waals surface area contributed by atoms with Crippen molar-refractivity contribution in [2.75, 3.05) is 6.61 Å². The molecule has 0 aliphatic heterocycles. The largest absolute Gasteiger partial charge is 0.465 e. The molecule has 1 amide bonds. The SMILES string of the molecule is CC(=O)OCCC([NH])=O. The zero-order valence-electron chi connectivity index (χ0n) is 5.14. The molecule has 9 heavy (non-hydrogen) atoms. The summed E-state index contributed by atoms with van der Waals surface area (Å²) in [5, 5.41) is 0. The smallest absolute Gasteiger partial charge is 0.302 e. The summed E-state index contributed by atoms with van der Waals surface area (Å²) < 4.78 is 4.37. The second kappa shape index (κ2) is 3.88. The van der Waals surface area contributed by atoms with E-state index in [0.717, 1.165) is 0 Å². The summed E-state index contributed by atoms with van der Waals surface area (Å²) >= 11 is 0. The molecule has 0 atom stereocenters. The highest BCUT2D eigenvalue weighted by atomic mass is 16.5. The highest BCUT2D eigenvalue weighted by molar-refractivity contribution is 5.73. The highest BCUT2D eigenvalue weighted by Gasteiger charge is 1.96. The molecule has 1 radical (unpaired) electrons. The van der Waals surface area contributed by atoms with Crippen LogP contribution in [0, 0.1) is 0 Å². The normalized spacial score (nSPS) is 8.56. The summed E-state index contributed by atoms with van der Waals surface area (Å²) in [5.74, 6) is -1.13. The maximum absolute atomic E-state index is 10.0. The Bertz CT molecular complexity index is 107. The first-order valence-corrected chi connectivity index (χ1v) is 2.50. The lowest BCUT2D eigenvalue weighted by Gasteiger charge is -1.95. The predicted octanol–water partition coefficient (Wildman–Crippen LogP) is -0.251. The quantitative estimate of drug-likeness (QED) is 0.494. The number of carbonyl (C=O) groups excluding carboxylic acids is 2. The topological polar surface area (TPSA) is 67.2 Å². The van der Waals surface area contributed by atoms with E-state index in [1.807, 2.05) is 0 Å². The zero-order valence-corrected chi connectivity index (χ0v) is 5.14. The Morgan fingerprint density at radius 1 is 1.56 bits per heavy atom. The highest BCUT2D eigenvalue weighted by Crippen LogP contribution is 1.81. The zero-order chi connectivity index (χ0) is 7.28. The molecule has 0 fully saturated rings. The average molecular weight is 130 g/mol. The van der Waals surface area contributed by atoms with Crippen LogP contribution in [0.15, 0.2) is 0 Å². The molecular weight excluding hydrogens is 122 g/mol. The Hall–Kier alpha value is -1.06. The van der Waals surface area contributed by atoms with Gasteiger partial charge in [0.05, 0.1) is 6.42 Å². The maximum atomic E-state index is 10.0. The Labute approximate surface area is 53.0 Å². The molecule has 4 nitrogen and oxygen atoms in total. The summed E-state index contributed by atoms with van der Waals surface area (Å²) in [7, 11) is 0. The van der Waals surface area contributed by atoms with Gasteiger partial charge in [0, 0.05) is 6.92 Å². The van der Waals surface area contributed by atoms with Crippen LogP contribution in [-0.4, -0.2) is 18.5 Å². The number of hydrogen-bond acceptors (Lipinski definition) is 3. The first-order valence-electron chi connectivity index (χ1n) is 2.50. The average Bonchev–Trinajstić information content (AvgIpc) is 1.63.